The fourth-order valence-corrected chi connectivity index (χ4v) is 3.07. The first kappa shape index (κ1) is 38.3. The predicted molar refractivity (Wildman–Crippen MR) is 141 cm³/mol. The Balaban J connectivity index is 0. The van der Waals surface area contributed by atoms with E-state index in [1.165, 1.54) is 69.2 Å². The number of hydrazine groups is 4. The second kappa shape index (κ2) is 14.0. The number of urea groups is 2. The van der Waals surface area contributed by atoms with Gasteiger partial charge in [-0.25, -0.2) is 43.3 Å². The maximum absolute atomic E-state index is 11.6. The fraction of sp³-hybridized carbons (Fsp3) is 0.875. The van der Waals surface area contributed by atoms with E-state index in [9.17, 15) is 43.3 Å². The molecule has 38 heavy (non-hydrogen) atoms. The molecule has 0 fully saturated rings. The van der Waals surface area contributed by atoms with E-state index in [1.54, 1.807) is 20.5 Å². The third-order valence-electron chi connectivity index (χ3n) is 4.07. The van der Waals surface area contributed by atoms with E-state index in [2.05, 4.69) is 0 Å². The molecule has 0 radical (unpaired) electrons. The molecule has 0 bridgehead atoms. The maximum Gasteiger partial charge on any atom is 0.345 e. The summed E-state index contributed by atoms with van der Waals surface area (Å²) in [5.41, 5.74) is 7.28. The molecule has 22 heteroatoms. The lowest BCUT2D eigenvalue weighted by Crippen LogP contribution is -2.56. The van der Waals surface area contributed by atoms with Gasteiger partial charge in [-0.15, -0.1) is 19.3 Å². The van der Waals surface area contributed by atoms with Crippen LogP contribution in [0.1, 0.15) is 69.2 Å². The Hall–Kier alpha value is -1.82. The number of carbonyl (C=O) groups excluding carboxylic acids is 2. The highest BCUT2D eigenvalue weighted by Crippen LogP contribution is 2.12. The van der Waals surface area contributed by atoms with Crippen LogP contribution in [0.3, 0.4) is 0 Å². The average molecular weight is 633 g/mol. The zero-order chi connectivity index (χ0) is 31.0. The molecular weight excluding hydrogens is 592 g/mol. The van der Waals surface area contributed by atoms with Crippen molar-refractivity contribution in [3.63, 3.8) is 0 Å². The highest BCUT2D eigenvalue weighted by molar-refractivity contribution is 7.91. The third-order valence-corrected chi connectivity index (χ3v) is 11.3. The molecule has 0 heterocycles. The van der Waals surface area contributed by atoms with E-state index in [0.29, 0.717) is 0 Å². The SMILES string of the molecule is CC(C)(C)S(=O)(=O)NNC(=O)NNS(=O)(=O)C(C)(C)C.CC(C)S(=O)(=O)NNC(=O)NNS(=O)(=O)C(C)C. The van der Waals surface area contributed by atoms with Crippen LogP contribution in [0.25, 0.3) is 0 Å². The summed E-state index contributed by atoms with van der Waals surface area (Å²) < 4.78 is 89.3. The molecule has 0 spiro atoms. The summed E-state index contributed by atoms with van der Waals surface area (Å²) in [6.07, 6.45) is 0. The number of carbonyl (C=O) groups is 2. The summed E-state index contributed by atoms with van der Waals surface area (Å²) in [4.78, 5) is 29.7. The second-order valence-electron chi connectivity index (χ2n) is 9.99. The van der Waals surface area contributed by atoms with Crippen LogP contribution in [0, 0.1) is 0 Å². The number of amides is 4. The Bertz CT molecular complexity index is 1140. The lowest BCUT2D eigenvalue weighted by Gasteiger charge is -2.21. The average Bonchev–Trinajstić information content (AvgIpc) is 2.72. The topological polar surface area (TPSA) is 267 Å². The van der Waals surface area contributed by atoms with Crippen molar-refractivity contribution in [2.24, 2.45) is 0 Å². The van der Waals surface area contributed by atoms with Gasteiger partial charge in [0.25, 0.3) is 0 Å². The Kier molecular flexibility index (Phi) is 14.1. The molecular formula is C16H40N8O10S4. The molecule has 0 saturated carbocycles. The molecule has 0 unspecified atom stereocenters. The summed E-state index contributed by atoms with van der Waals surface area (Å²) >= 11 is 0. The minimum Gasteiger partial charge on any atom is -0.258 e. The van der Waals surface area contributed by atoms with Crippen molar-refractivity contribution in [2.75, 3.05) is 0 Å². The first-order chi connectivity index (χ1) is 16.6. The van der Waals surface area contributed by atoms with Gasteiger partial charge in [-0.2, -0.15) is 0 Å². The van der Waals surface area contributed by atoms with Crippen LogP contribution in [0.15, 0.2) is 0 Å². The van der Waals surface area contributed by atoms with Crippen molar-refractivity contribution in [1.29, 1.82) is 0 Å². The molecule has 0 aliphatic heterocycles. The van der Waals surface area contributed by atoms with E-state index in [0.717, 1.165) is 0 Å². The van der Waals surface area contributed by atoms with Crippen LogP contribution >= 0.6 is 0 Å². The smallest absolute Gasteiger partial charge is 0.258 e. The van der Waals surface area contributed by atoms with Crippen LogP contribution < -0.4 is 41.0 Å². The van der Waals surface area contributed by atoms with Gasteiger partial charge in [0.1, 0.15) is 0 Å². The van der Waals surface area contributed by atoms with Gasteiger partial charge >= 0.3 is 12.1 Å². The maximum atomic E-state index is 11.6. The number of hydrogen-bond donors (Lipinski definition) is 8. The first-order valence-electron chi connectivity index (χ1n) is 10.7. The van der Waals surface area contributed by atoms with Crippen LogP contribution in [-0.4, -0.2) is 65.7 Å². The zero-order valence-electron chi connectivity index (χ0n) is 22.9. The van der Waals surface area contributed by atoms with Crippen molar-refractivity contribution in [2.45, 2.75) is 89.2 Å². The van der Waals surface area contributed by atoms with Crippen molar-refractivity contribution in [3.8, 4) is 0 Å². The van der Waals surface area contributed by atoms with E-state index < -0.39 is 72.1 Å². The Morgan fingerprint density at radius 1 is 0.474 bits per heavy atom. The lowest BCUT2D eigenvalue weighted by atomic mass is 10.3. The standard InChI is InChI=1S/C9H22N4O5S2.C7H18N4O5S2/c1-8(2,3)19(15,16)12-10-7(14)11-13-20(17,18)9(4,5)6;1-5(2)17(13,14)10-8-7(12)9-11-18(15,16)6(3)4/h12-13H,1-6H3,(H2,10,11,14);5-6,10-11H,1-4H3,(H2,8,9,12). The molecule has 0 atom stereocenters. The number of sulfonamides is 4. The van der Waals surface area contributed by atoms with Gasteiger partial charge in [0.2, 0.25) is 40.1 Å². The van der Waals surface area contributed by atoms with Gasteiger partial charge in [0.15, 0.2) is 0 Å². The predicted octanol–water partition coefficient (Wildman–Crippen LogP) is -1.68. The molecule has 0 aromatic rings. The van der Waals surface area contributed by atoms with Gasteiger partial charge in [0, 0.05) is 0 Å². The van der Waals surface area contributed by atoms with Crippen LogP contribution in [0.2, 0.25) is 0 Å². The normalized spacial score (nSPS) is 13.4. The fourth-order valence-electron chi connectivity index (χ4n) is 1.07. The highest BCUT2D eigenvalue weighted by Gasteiger charge is 2.31. The quantitative estimate of drug-likeness (QED) is 0.127. The third kappa shape index (κ3) is 13.8. The van der Waals surface area contributed by atoms with Gasteiger partial charge < -0.3 is 0 Å². The molecule has 0 rings (SSSR count). The molecule has 18 nitrogen and oxygen atoms in total. The Morgan fingerprint density at radius 3 is 0.868 bits per heavy atom. The minimum absolute atomic E-state index is 0.731. The lowest BCUT2D eigenvalue weighted by molar-refractivity contribution is 0.237. The van der Waals surface area contributed by atoms with Gasteiger partial charge in [-0.05, 0) is 69.2 Å². The van der Waals surface area contributed by atoms with E-state index in [1.807, 2.05) is 20.5 Å². The minimum atomic E-state index is -3.77. The molecule has 8 N–H and O–H groups in total. The molecule has 0 aromatic carbocycles. The van der Waals surface area contributed by atoms with Gasteiger partial charge in [0.05, 0.1) is 20.0 Å². The van der Waals surface area contributed by atoms with Gasteiger partial charge in [-0.1, -0.05) is 0 Å². The van der Waals surface area contributed by atoms with Crippen molar-refractivity contribution in [3.05, 3.63) is 0 Å². The second-order valence-corrected chi connectivity index (χ2v) is 19.3. The van der Waals surface area contributed by atoms with E-state index in [-0.39, 0.29) is 0 Å². The van der Waals surface area contributed by atoms with E-state index in [4.69, 9.17) is 0 Å². The summed E-state index contributed by atoms with van der Waals surface area (Å²) in [5.74, 6) is 0. The highest BCUT2D eigenvalue weighted by atomic mass is 32.2. The first-order valence-corrected chi connectivity index (χ1v) is 16.8. The van der Waals surface area contributed by atoms with Crippen LogP contribution in [0.5, 0.6) is 0 Å². The van der Waals surface area contributed by atoms with E-state index >= 15 is 0 Å². The Labute approximate surface area is 225 Å². The molecule has 0 aliphatic carbocycles. The monoisotopic (exact) mass is 632 g/mol. The van der Waals surface area contributed by atoms with Crippen molar-refractivity contribution < 1.29 is 43.3 Å². The van der Waals surface area contributed by atoms with Crippen LogP contribution in [0.4, 0.5) is 9.59 Å². The summed E-state index contributed by atoms with van der Waals surface area (Å²) in [5, 5.41) is -1.46. The summed E-state index contributed by atoms with van der Waals surface area (Å²) in [7, 11) is -14.9. The van der Waals surface area contributed by atoms with Crippen LogP contribution in [-0.2, 0) is 40.1 Å². The van der Waals surface area contributed by atoms with Crippen molar-refractivity contribution >= 4 is 52.2 Å². The number of hydrogen-bond acceptors (Lipinski definition) is 10. The summed E-state index contributed by atoms with van der Waals surface area (Å²) in [6, 6.07) is -2.09. The molecule has 228 valence electrons. The molecule has 0 aliphatic rings. The molecule has 4 amide bonds. The molecule has 0 aromatic heterocycles. The Morgan fingerprint density at radius 2 is 0.684 bits per heavy atom. The molecule has 0 saturated heterocycles. The van der Waals surface area contributed by atoms with Crippen molar-refractivity contribution in [1.82, 2.24) is 41.0 Å². The number of rotatable bonds is 10. The van der Waals surface area contributed by atoms with Gasteiger partial charge in [-0.3, -0.25) is 21.7 Å². The largest absolute Gasteiger partial charge is 0.345 e. The summed E-state index contributed by atoms with van der Waals surface area (Å²) in [6.45, 7) is 14.3. The zero-order valence-corrected chi connectivity index (χ0v) is 26.1. The number of nitrogens with one attached hydrogen (secondary N) is 8.